The van der Waals surface area contributed by atoms with Crippen molar-refractivity contribution in [3.05, 3.63) is 181 Å². The van der Waals surface area contributed by atoms with Gasteiger partial charge in [0.25, 0.3) is 0 Å². The fraction of sp³-hybridized carbons (Fsp3) is 0.0213. The molecular weight excluding hydrogens is 593 g/mol. The number of fused-ring (bicyclic) bond motifs is 11. The van der Waals surface area contributed by atoms with Crippen LogP contribution in [0.4, 0.5) is 0 Å². The Kier molecular flexibility index (Phi) is 5.47. The van der Waals surface area contributed by atoms with Gasteiger partial charge in [-0.2, -0.15) is 0 Å². The molecule has 228 valence electrons. The highest BCUT2D eigenvalue weighted by atomic mass is 15.0. The summed E-state index contributed by atoms with van der Waals surface area (Å²) in [6, 6.07) is 62.5. The van der Waals surface area contributed by atoms with Crippen LogP contribution in [0.5, 0.6) is 0 Å². The number of hydrogen-bond donors (Lipinski definition) is 0. The second-order valence-electron chi connectivity index (χ2n) is 13.3. The van der Waals surface area contributed by atoms with Crippen molar-refractivity contribution in [2.45, 2.75) is 6.42 Å². The number of nitrogens with zero attached hydrogens (tertiary/aromatic N) is 2. The molecule has 1 aliphatic rings. The maximum Gasteiger partial charge on any atom is 0.0549 e. The SMILES string of the molecule is c1ccc(-c2cccc3c2Cc2c-3cccc2-n2c3ccccc3c3c4c5ccccc5n(-c5ccc6ccccc6c5)c4ccc32)cc1. The summed E-state index contributed by atoms with van der Waals surface area (Å²) in [7, 11) is 0. The molecule has 0 radical (unpaired) electrons. The Morgan fingerprint density at radius 3 is 1.73 bits per heavy atom. The lowest BCUT2D eigenvalue weighted by atomic mass is 9.96. The number of rotatable bonds is 3. The molecule has 0 amide bonds. The van der Waals surface area contributed by atoms with Gasteiger partial charge >= 0.3 is 0 Å². The highest BCUT2D eigenvalue weighted by Gasteiger charge is 2.27. The van der Waals surface area contributed by atoms with E-state index in [-0.39, 0.29) is 0 Å². The van der Waals surface area contributed by atoms with E-state index < -0.39 is 0 Å². The summed E-state index contributed by atoms with van der Waals surface area (Å²) in [6.07, 6.45) is 0.906. The van der Waals surface area contributed by atoms with Crippen LogP contribution in [-0.4, -0.2) is 9.13 Å². The van der Waals surface area contributed by atoms with Crippen LogP contribution in [0, 0.1) is 0 Å². The van der Waals surface area contributed by atoms with Crippen molar-refractivity contribution in [2.24, 2.45) is 0 Å². The minimum absolute atomic E-state index is 0.906. The molecule has 10 aromatic rings. The summed E-state index contributed by atoms with van der Waals surface area (Å²) in [5.74, 6) is 0. The fourth-order valence-electron chi connectivity index (χ4n) is 8.69. The van der Waals surface area contributed by atoms with Crippen LogP contribution in [0.3, 0.4) is 0 Å². The van der Waals surface area contributed by atoms with Gasteiger partial charge < -0.3 is 9.13 Å². The number of para-hydroxylation sites is 2. The molecule has 0 bridgehead atoms. The van der Waals surface area contributed by atoms with Crippen molar-refractivity contribution in [3.8, 4) is 33.6 Å². The van der Waals surface area contributed by atoms with E-state index >= 15 is 0 Å². The first-order valence-electron chi connectivity index (χ1n) is 17.1. The third kappa shape index (κ3) is 3.71. The standard InChI is InChI=1S/C47H30N2/c1-2-13-31(14-3-1)34-18-10-19-35-36-20-11-23-43(40(36)29-39(34)35)49-42-22-9-7-17-38(42)47-45(49)27-26-44-46(47)37-16-6-8-21-41(37)48(44)33-25-24-30-12-4-5-15-32(30)28-33/h1-28H,29H2. The highest BCUT2D eigenvalue weighted by molar-refractivity contribution is 6.29. The van der Waals surface area contributed by atoms with Gasteiger partial charge in [-0.3, -0.25) is 0 Å². The zero-order valence-corrected chi connectivity index (χ0v) is 26.8. The molecule has 49 heavy (non-hydrogen) atoms. The van der Waals surface area contributed by atoms with Crippen molar-refractivity contribution < 1.29 is 0 Å². The highest BCUT2D eigenvalue weighted by Crippen LogP contribution is 2.47. The largest absolute Gasteiger partial charge is 0.309 e. The molecule has 0 atom stereocenters. The molecule has 0 saturated heterocycles. The fourth-order valence-corrected chi connectivity index (χ4v) is 8.69. The zero-order valence-electron chi connectivity index (χ0n) is 26.8. The van der Waals surface area contributed by atoms with Crippen molar-refractivity contribution in [3.63, 3.8) is 0 Å². The minimum atomic E-state index is 0.906. The monoisotopic (exact) mass is 622 g/mol. The van der Waals surface area contributed by atoms with E-state index in [0.717, 1.165) is 6.42 Å². The van der Waals surface area contributed by atoms with Gasteiger partial charge in [-0.05, 0) is 86.6 Å². The molecule has 1 aliphatic carbocycles. The van der Waals surface area contributed by atoms with Gasteiger partial charge in [-0.25, -0.2) is 0 Å². The van der Waals surface area contributed by atoms with Gasteiger partial charge in [0.15, 0.2) is 0 Å². The van der Waals surface area contributed by atoms with Gasteiger partial charge in [-0.1, -0.05) is 127 Å². The third-order valence-electron chi connectivity index (χ3n) is 10.8. The van der Waals surface area contributed by atoms with Gasteiger partial charge in [0.1, 0.15) is 0 Å². The summed E-state index contributed by atoms with van der Waals surface area (Å²) in [5.41, 5.74) is 15.5. The molecular formula is C47H30N2. The second-order valence-corrected chi connectivity index (χ2v) is 13.3. The summed E-state index contributed by atoms with van der Waals surface area (Å²) in [6.45, 7) is 0. The smallest absolute Gasteiger partial charge is 0.0549 e. The lowest BCUT2D eigenvalue weighted by molar-refractivity contribution is 1.12. The van der Waals surface area contributed by atoms with E-state index in [2.05, 4.69) is 179 Å². The van der Waals surface area contributed by atoms with Gasteiger partial charge in [-0.15, -0.1) is 0 Å². The molecule has 2 nitrogen and oxygen atoms in total. The number of aromatic nitrogens is 2. The average Bonchev–Trinajstić information content (AvgIpc) is 3.83. The Hall–Kier alpha value is -6.38. The summed E-state index contributed by atoms with van der Waals surface area (Å²) < 4.78 is 4.98. The van der Waals surface area contributed by atoms with Crippen LogP contribution in [0.2, 0.25) is 0 Å². The Bertz CT molecular complexity index is 2960. The summed E-state index contributed by atoms with van der Waals surface area (Å²) in [5, 5.41) is 7.67. The van der Waals surface area contributed by atoms with Crippen molar-refractivity contribution in [1.82, 2.24) is 9.13 Å². The molecule has 2 heterocycles. The van der Waals surface area contributed by atoms with E-state index in [1.54, 1.807) is 0 Å². The molecule has 0 spiro atoms. The number of hydrogen-bond acceptors (Lipinski definition) is 0. The van der Waals surface area contributed by atoms with E-state index in [1.807, 2.05) is 0 Å². The molecule has 0 N–H and O–H groups in total. The maximum atomic E-state index is 2.53. The summed E-state index contributed by atoms with van der Waals surface area (Å²) in [4.78, 5) is 0. The van der Waals surface area contributed by atoms with E-state index in [1.165, 1.54) is 99.1 Å². The molecule has 2 heteroatoms. The average molecular weight is 623 g/mol. The Morgan fingerprint density at radius 1 is 0.367 bits per heavy atom. The normalized spacial score (nSPS) is 12.4. The molecule has 2 aromatic heterocycles. The van der Waals surface area contributed by atoms with Crippen molar-refractivity contribution in [2.75, 3.05) is 0 Å². The molecule has 8 aromatic carbocycles. The van der Waals surface area contributed by atoms with Crippen LogP contribution in [-0.2, 0) is 6.42 Å². The van der Waals surface area contributed by atoms with E-state index in [0.29, 0.717) is 0 Å². The van der Waals surface area contributed by atoms with Gasteiger partial charge in [0.05, 0.1) is 27.8 Å². The first-order chi connectivity index (χ1) is 24.3. The Morgan fingerprint density at radius 2 is 0.959 bits per heavy atom. The van der Waals surface area contributed by atoms with Gasteiger partial charge in [0, 0.05) is 33.7 Å². The first kappa shape index (κ1) is 26.7. The number of benzene rings is 8. The minimum Gasteiger partial charge on any atom is -0.309 e. The second kappa shape index (κ2) is 10.1. The lowest BCUT2D eigenvalue weighted by Gasteiger charge is -2.13. The van der Waals surface area contributed by atoms with E-state index in [4.69, 9.17) is 0 Å². The van der Waals surface area contributed by atoms with Crippen LogP contribution in [0.1, 0.15) is 11.1 Å². The quantitative estimate of drug-likeness (QED) is 0.186. The molecule has 0 saturated carbocycles. The van der Waals surface area contributed by atoms with Crippen LogP contribution >= 0.6 is 0 Å². The van der Waals surface area contributed by atoms with Crippen molar-refractivity contribution in [1.29, 1.82) is 0 Å². The van der Waals surface area contributed by atoms with Crippen LogP contribution < -0.4 is 0 Å². The topological polar surface area (TPSA) is 9.86 Å². The van der Waals surface area contributed by atoms with Gasteiger partial charge in [0.2, 0.25) is 0 Å². The maximum absolute atomic E-state index is 2.53. The predicted octanol–water partition coefficient (Wildman–Crippen LogP) is 12.3. The van der Waals surface area contributed by atoms with E-state index in [9.17, 15) is 0 Å². The van der Waals surface area contributed by atoms with Crippen molar-refractivity contribution >= 4 is 54.4 Å². The van der Waals surface area contributed by atoms with Crippen LogP contribution in [0.15, 0.2) is 170 Å². The lowest BCUT2D eigenvalue weighted by Crippen LogP contribution is -1.99. The molecule has 0 unspecified atom stereocenters. The molecule has 0 aliphatic heterocycles. The predicted molar refractivity (Wildman–Crippen MR) is 206 cm³/mol. The Balaban J connectivity index is 1.20. The first-order valence-corrected chi connectivity index (χ1v) is 17.1. The van der Waals surface area contributed by atoms with Crippen LogP contribution in [0.25, 0.3) is 88.0 Å². The summed E-state index contributed by atoms with van der Waals surface area (Å²) >= 11 is 0. The Labute approximate surface area is 283 Å². The molecule has 11 rings (SSSR count). The zero-order chi connectivity index (χ0) is 32.1. The molecule has 0 fully saturated rings. The third-order valence-corrected chi connectivity index (χ3v) is 10.8.